The topological polar surface area (TPSA) is 67.4 Å². The van der Waals surface area contributed by atoms with Crippen LogP contribution in [0.2, 0.25) is 0 Å². The summed E-state index contributed by atoms with van der Waals surface area (Å²) in [5, 5.41) is 5.37. The number of imide groups is 1. The van der Waals surface area contributed by atoms with Gasteiger partial charge in [0.25, 0.3) is 0 Å². The summed E-state index contributed by atoms with van der Waals surface area (Å²) < 4.78 is 5.33. The second-order valence-corrected chi connectivity index (χ2v) is 9.93. The van der Waals surface area contributed by atoms with E-state index >= 15 is 0 Å². The summed E-state index contributed by atoms with van der Waals surface area (Å²) >= 11 is 1.40. The molecule has 4 aliphatic carbocycles. The molecule has 1 aromatic rings. The van der Waals surface area contributed by atoms with Gasteiger partial charge in [-0.05, 0) is 75.3 Å². The molecule has 1 atom stereocenters. The van der Waals surface area contributed by atoms with Crippen molar-refractivity contribution in [2.24, 2.45) is 17.8 Å². The van der Waals surface area contributed by atoms with Crippen molar-refractivity contribution < 1.29 is 14.3 Å². The minimum absolute atomic E-state index is 0.0852. The number of carbonyl (C=O) groups excluding carboxylic acids is 2. The zero-order valence-electron chi connectivity index (χ0n) is 16.0. The van der Waals surface area contributed by atoms with Crippen LogP contribution >= 0.6 is 11.8 Å². The zero-order valence-corrected chi connectivity index (χ0v) is 16.8. The van der Waals surface area contributed by atoms with Crippen molar-refractivity contribution in [2.75, 3.05) is 7.11 Å². The van der Waals surface area contributed by atoms with Crippen molar-refractivity contribution >= 4 is 23.7 Å². The Morgan fingerprint density at radius 2 is 1.70 bits per heavy atom. The maximum absolute atomic E-state index is 12.5. The fourth-order valence-electron chi connectivity index (χ4n) is 5.71. The van der Waals surface area contributed by atoms with E-state index in [-0.39, 0.29) is 22.7 Å². The van der Waals surface area contributed by atoms with Crippen LogP contribution in [0.5, 0.6) is 5.75 Å². The summed E-state index contributed by atoms with van der Waals surface area (Å²) in [5.41, 5.74) is -0.0852. The quantitative estimate of drug-likeness (QED) is 0.749. The highest BCUT2D eigenvalue weighted by molar-refractivity contribution is 8.00. The van der Waals surface area contributed by atoms with Gasteiger partial charge >= 0.3 is 6.03 Å². The predicted octanol–water partition coefficient (Wildman–Crippen LogP) is 3.97. The molecule has 0 saturated heterocycles. The van der Waals surface area contributed by atoms with E-state index < -0.39 is 0 Å². The van der Waals surface area contributed by atoms with Crippen LogP contribution in [0.1, 0.15) is 45.4 Å². The van der Waals surface area contributed by atoms with Crippen LogP contribution in [0.25, 0.3) is 0 Å². The maximum atomic E-state index is 12.5. The van der Waals surface area contributed by atoms with Gasteiger partial charge in [0.15, 0.2) is 0 Å². The van der Waals surface area contributed by atoms with E-state index in [2.05, 4.69) is 10.6 Å². The summed E-state index contributed by atoms with van der Waals surface area (Å²) in [5.74, 6) is 2.74. The molecule has 27 heavy (non-hydrogen) atoms. The van der Waals surface area contributed by atoms with Crippen molar-refractivity contribution in [3.8, 4) is 5.75 Å². The zero-order chi connectivity index (χ0) is 19.0. The van der Waals surface area contributed by atoms with Crippen molar-refractivity contribution in [1.29, 1.82) is 0 Å². The number of hydrogen-bond acceptors (Lipinski definition) is 4. The van der Waals surface area contributed by atoms with Crippen LogP contribution in [0.4, 0.5) is 4.79 Å². The average molecular weight is 389 g/mol. The van der Waals surface area contributed by atoms with E-state index in [9.17, 15) is 9.59 Å². The molecule has 146 valence electrons. The highest BCUT2D eigenvalue weighted by atomic mass is 32.2. The molecule has 4 saturated carbocycles. The Morgan fingerprint density at radius 3 is 2.30 bits per heavy atom. The molecule has 0 heterocycles. The molecule has 4 bridgehead atoms. The van der Waals surface area contributed by atoms with Crippen LogP contribution in [-0.4, -0.2) is 29.8 Å². The molecule has 2 N–H and O–H groups in total. The number of rotatable bonds is 5. The molecule has 0 radical (unpaired) electrons. The lowest BCUT2D eigenvalue weighted by Gasteiger charge is -2.56. The first-order valence-corrected chi connectivity index (χ1v) is 10.8. The number of hydrogen-bond donors (Lipinski definition) is 2. The number of ether oxygens (including phenoxy) is 1. The molecule has 5 rings (SSSR count). The summed E-state index contributed by atoms with van der Waals surface area (Å²) in [4.78, 5) is 25.9. The molecule has 5 nitrogen and oxygen atoms in total. The number of methoxy groups -OCH3 is 1. The molecule has 3 amide bonds. The van der Waals surface area contributed by atoms with E-state index in [1.807, 2.05) is 31.2 Å². The molecule has 0 aliphatic heterocycles. The lowest BCUT2D eigenvalue weighted by atomic mass is 9.53. The Hall–Kier alpha value is -1.69. The monoisotopic (exact) mass is 388 g/mol. The van der Waals surface area contributed by atoms with Gasteiger partial charge in [0.1, 0.15) is 5.75 Å². The van der Waals surface area contributed by atoms with Crippen LogP contribution in [0.3, 0.4) is 0 Å². The van der Waals surface area contributed by atoms with Crippen LogP contribution in [0.15, 0.2) is 29.2 Å². The minimum Gasteiger partial charge on any atom is -0.496 e. The fraction of sp³-hybridized carbons (Fsp3) is 0.619. The van der Waals surface area contributed by atoms with Gasteiger partial charge in [-0.3, -0.25) is 10.1 Å². The van der Waals surface area contributed by atoms with Gasteiger partial charge in [-0.1, -0.05) is 12.1 Å². The standard InChI is InChI=1S/C21H28N2O3S/c1-13(27-18-6-4-3-5-17(18)26-2)19(24)22-20(25)23-21-10-14-7-15(11-21)9-16(8-14)12-21/h3-6,13-16H,7-12H2,1-2H3,(H2,22,23,24,25). The number of benzene rings is 1. The fourth-order valence-corrected chi connectivity index (χ4v) is 6.68. The van der Waals surface area contributed by atoms with E-state index in [1.165, 1.54) is 31.0 Å². The lowest BCUT2D eigenvalue weighted by molar-refractivity contribution is -0.119. The summed E-state index contributed by atoms with van der Waals surface area (Å²) in [6.45, 7) is 1.81. The molecule has 0 spiro atoms. The third-order valence-corrected chi connectivity index (χ3v) is 7.55. The number of urea groups is 1. The largest absolute Gasteiger partial charge is 0.496 e. The number of carbonyl (C=O) groups is 2. The highest BCUT2D eigenvalue weighted by Crippen LogP contribution is 2.55. The molecular weight excluding hydrogens is 360 g/mol. The summed E-state index contributed by atoms with van der Waals surface area (Å²) in [6.07, 6.45) is 7.21. The molecular formula is C21H28N2O3S. The minimum atomic E-state index is -0.386. The predicted molar refractivity (Wildman–Crippen MR) is 106 cm³/mol. The van der Waals surface area contributed by atoms with Crippen molar-refractivity contribution in [1.82, 2.24) is 10.6 Å². The lowest BCUT2D eigenvalue weighted by Crippen LogP contribution is -2.62. The van der Waals surface area contributed by atoms with Gasteiger partial charge in [0, 0.05) is 5.54 Å². The van der Waals surface area contributed by atoms with Crippen molar-refractivity contribution in [2.45, 2.75) is 61.1 Å². The second kappa shape index (κ2) is 7.38. The van der Waals surface area contributed by atoms with Gasteiger partial charge in [-0.25, -0.2) is 4.79 Å². The third-order valence-electron chi connectivity index (χ3n) is 6.40. The Bertz CT molecular complexity index is 701. The molecule has 0 aromatic heterocycles. The molecule has 1 aromatic carbocycles. The third kappa shape index (κ3) is 3.96. The molecule has 4 fully saturated rings. The smallest absolute Gasteiger partial charge is 0.321 e. The summed E-state index contributed by atoms with van der Waals surface area (Å²) in [7, 11) is 1.61. The number of amides is 3. The molecule has 6 heteroatoms. The van der Waals surface area contributed by atoms with Gasteiger partial charge in [0.2, 0.25) is 5.91 Å². The highest BCUT2D eigenvalue weighted by Gasteiger charge is 2.51. The van der Waals surface area contributed by atoms with Gasteiger partial charge in [0.05, 0.1) is 17.3 Å². The van der Waals surface area contributed by atoms with Gasteiger partial charge in [-0.2, -0.15) is 0 Å². The van der Waals surface area contributed by atoms with E-state index in [1.54, 1.807) is 7.11 Å². The average Bonchev–Trinajstić information content (AvgIpc) is 2.60. The van der Waals surface area contributed by atoms with Crippen molar-refractivity contribution in [3.05, 3.63) is 24.3 Å². The van der Waals surface area contributed by atoms with Gasteiger partial charge in [-0.15, -0.1) is 11.8 Å². The summed E-state index contributed by atoms with van der Waals surface area (Å²) in [6, 6.07) is 7.26. The SMILES string of the molecule is COc1ccccc1SC(C)C(=O)NC(=O)NC12CC3CC(CC(C3)C1)C2. The Balaban J connectivity index is 1.33. The Labute approximate surface area is 165 Å². The first-order valence-electron chi connectivity index (χ1n) is 9.89. The van der Waals surface area contributed by atoms with E-state index in [4.69, 9.17) is 4.74 Å². The van der Waals surface area contributed by atoms with E-state index in [0.717, 1.165) is 47.7 Å². The Kier molecular flexibility index (Phi) is 5.10. The first-order chi connectivity index (χ1) is 13.0. The van der Waals surface area contributed by atoms with Gasteiger partial charge < -0.3 is 10.1 Å². The number of thioether (sulfide) groups is 1. The molecule has 1 unspecified atom stereocenters. The Morgan fingerprint density at radius 1 is 1.11 bits per heavy atom. The maximum Gasteiger partial charge on any atom is 0.321 e. The van der Waals surface area contributed by atoms with Crippen LogP contribution in [0, 0.1) is 17.8 Å². The number of nitrogens with one attached hydrogen (secondary N) is 2. The van der Waals surface area contributed by atoms with Crippen LogP contribution in [-0.2, 0) is 4.79 Å². The first kappa shape index (κ1) is 18.7. The normalized spacial score (nSPS) is 32.0. The van der Waals surface area contributed by atoms with Crippen molar-refractivity contribution in [3.63, 3.8) is 0 Å². The van der Waals surface area contributed by atoms with Crippen LogP contribution < -0.4 is 15.4 Å². The molecule has 4 aliphatic rings. The number of para-hydroxylation sites is 1. The van der Waals surface area contributed by atoms with E-state index in [0.29, 0.717) is 0 Å². The second-order valence-electron chi connectivity index (χ2n) is 8.55.